The lowest BCUT2D eigenvalue weighted by Crippen LogP contribution is -2.86. The molecule has 0 spiro atoms. The van der Waals surface area contributed by atoms with Crippen molar-refractivity contribution in [3.63, 3.8) is 0 Å². The minimum Gasteiger partial charge on any atom is -0.379 e. The van der Waals surface area contributed by atoms with Gasteiger partial charge in [-0.2, -0.15) is 0 Å². The highest BCUT2D eigenvalue weighted by atomic mass is 16.5. The third-order valence-corrected chi connectivity index (χ3v) is 4.61. The number of benzene rings is 2. The minimum absolute atomic E-state index is 0.0187. The molecule has 1 atom stereocenters. The molecule has 3 aromatic rings. The first-order valence-electron chi connectivity index (χ1n) is 9.06. The summed E-state index contributed by atoms with van der Waals surface area (Å²) in [6, 6.07) is 15.6. The van der Waals surface area contributed by atoms with Crippen LogP contribution in [0.2, 0.25) is 0 Å². The first kappa shape index (κ1) is 18.3. The fraction of sp³-hybridized carbons (Fsp3) is 0.333. The van der Waals surface area contributed by atoms with E-state index in [1.165, 1.54) is 0 Å². The summed E-state index contributed by atoms with van der Waals surface area (Å²) in [7, 11) is 1.70. The van der Waals surface area contributed by atoms with Crippen LogP contribution in [0.5, 0.6) is 0 Å². The monoisotopic (exact) mass is 352 g/mol. The Bertz CT molecular complexity index is 949. The summed E-state index contributed by atoms with van der Waals surface area (Å²) < 4.78 is 6.95. The molecule has 0 saturated heterocycles. The Morgan fingerprint density at radius 3 is 2.73 bits per heavy atom. The van der Waals surface area contributed by atoms with Gasteiger partial charge >= 0.3 is 0 Å². The van der Waals surface area contributed by atoms with Gasteiger partial charge in [0.2, 0.25) is 0 Å². The van der Waals surface area contributed by atoms with Crippen molar-refractivity contribution in [1.82, 2.24) is 9.55 Å². The lowest BCUT2D eigenvalue weighted by atomic mass is 10.1. The van der Waals surface area contributed by atoms with Crippen molar-refractivity contribution in [2.24, 2.45) is 0 Å². The molecule has 3 rings (SSSR count). The number of hydrogen-bond acceptors (Lipinski definition) is 3. The first-order chi connectivity index (χ1) is 12.7. The summed E-state index contributed by atoms with van der Waals surface area (Å²) in [6.07, 6.45) is 0.875. The van der Waals surface area contributed by atoms with Gasteiger partial charge in [-0.25, -0.2) is 4.98 Å². The second kappa shape index (κ2) is 8.25. The number of hydrogen-bond donors (Lipinski definition) is 1. The lowest BCUT2D eigenvalue weighted by Gasteiger charge is -2.19. The summed E-state index contributed by atoms with van der Waals surface area (Å²) in [5.41, 5.74) is 2.71. The van der Waals surface area contributed by atoms with Gasteiger partial charge in [-0.1, -0.05) is 31.2 Å². The molecule has 0 bridgehead atoms. The highest BCUT2D eigenvalue weighted by Gasteiger charge is 2.22. The zero-order valence-corrected chi connectivity index (χ0v) is 15.6. The Balaban J connectivity index is 2.22. The third kappa shape index (κ3) is 3.69. The van der Waals surface area contributed by atoms with Crippen molar-refractivity contribution < 1.29 is 10.1 Å². The maximum Gasteiger partial charge on any atom is 0.266 e. The SMILES string of the molecule is CC[C@H]([NH2+]CCOC)c1nc2ccccc2c(=O)n1-c1cccc(C)c1. The van der Waals surface area contributed by atoms with Gasteiger partial charge in [-0.15, -0.1) is 0 Å². The summed E-state index contributed by atoms with van der Waals surface area (Å²) in [5, 5.41) is 2.84. The summed E-state index contributed by atoms with van der Waals surface area (Å²) in [6.45, 7) is 5.64. The standard InChI is InChI=1S/C21H25N3O2/c1-4-18(22-12-13-26-3)20-23-19-11-6-5-10-17(19)21(25)24(20)16-9-7-8-15(2)14-16/h5-11,14,18,22H,4,12-13H2,1-3H3/p+1/t18-/m0/s1. The molecular formula is C21H26N3O2+. The molecular weight excluding hydrogens is 326 g/mol. The Kier molecular flexibility index (Phi) is 5.81. The molecule has 0 aliphatic heterocycles. The van der Waals surface area contributed by atoms with Crippen molar-refractivity contribution in [2.75, 3.05) is 20.3 Å². The van der Waals surface area contributed by atoms with Crippen molar-refractivity contribution in [2.45, 2.75) is 26.3 Å². The highest BCUT2D eigenvalue weighted by molar-refractivity contribution is 5.77. The van der Waals surface area contributed by atoms with Crippen LogP contribution in [-0.4, -0.2) is 29.8 Å². The van der Waals surface area contributed by atoms with E-state index in [1.807, 2.05) is 55.5 Å². The Labute approximate surface area is 153 Å². The van der Waals surface area contributed by atoms with E-state index in [-0.39, 0.29) is 11.6 Å². The van der Waals surface area contributed by atoms with Gasteiger partial charge in [0.25, 0.3) is 5.56 Å². The Hall–Kier alpha value is -2.50. The van der Waals surface area contributed by atoms with E-state index in [4.69, 9.17) is 9.72 Å². The Morgan fingerprint density at radius 1 is 1.19 bits per heavy atom. The van der Waals surface area contributed by atoms with Gasteiger partial charge in [0, 0.05) is 13.5 Å². The van der Waals surface area contributed by atoms with Crippen LogP contribution in [0.4, 0.5) is 0 Å². The quantitative estimate of drug-likeness (QED) is 0.664. The van der Waals surface area contributed by atoms with E-state index in [1.54, 1.807) is 11.7 Å². The number of nitrogens with zero attached hydrogens (tertiary/aromatic N) is 2. The van der Waals surface area contributed by atoms with Crippen molar-refractivity contribution in [3.8, 4) is 5.69 Å². The largest absolute Gasteiger partial charge is 0.379 e. The molecule has 5 nitrogen and oxygen atoms in total. The lowest BCUT2D eigenvalue weighted by molar-refractivity contribution is -0.698. The fourth-order valence-corrected chi connectivity index (χ4v) is 3.26. The van der Waals surface area contributed by atoms with Gasteiger partial charge in [-0.3, -0.25) is 9.36 Å². The van der Waals surface area contributed by atoms with Crippen molar-refractivity contribution >= 4 is 10.9 Å². The number of nitrogens with two attached hydrogens (primary N) is 1. The molecule has 2 N–H and O–H groups in total. The normalized spacial score (nSPS) is 12.4. The molecule has 2 aromatic carbocycles. The van der Waals surface area contributed by atoms with E-state index in [0.29, 0.717) is 12.0 Å². The van der Waals surface area contributed by atoms with Gasteiger partial charge in [0.15, 0.2) is 5.82 Å². The first-order valence-corrected chi connectivity index (χ1v) is 9.06. The number of rotatable bonds is 7. The Morgan fingerprint density at radius 2 is 2.00 bits per heavy atom. The summed E-state index contributed by atoms with van der Waals surface area (Å²) >= 11 is 0. The highest BCUT2D eigenvalue weighted by Crippen LogP contribution is 2.18. The van der Waals surface area contributed by atoms with Gasteiger partial charge < -0.3 is 10.1 Å². The number of quaternary nitrogens is 1. The van der Waals surface area contributed by atoms with Crippen molar-refractivity contribution in [1.29, 1.82) is 0 Å². The van der Waals surface area contributed by atoms with Gasteiger partial charge in [0.1, 0.15) is 6.04 Å². The minimum atomic E-state index is -0.0187. The summed E-state index contributed by atoms with van der Waals surface area (Å²) in [4.78, 5) is 18.2. The average molecular weight is 352 g/mol. The molecule has 5 heteroatoms. The van der Waals surface area contributed by atoms with Crippen LogP contribution in [0.3, 0.4) is 0 Å². The third-order valence-electron chi connectivity index (χ3n) is 4.61. The molecule has 0 saturated carbocycles. The smallest absolute Gasteiger partial charge is 0.266 e. The topological polar surface area (TPSA) is 60.7 Å². The second-order valence-electron chi connectivity index (χ2n) is 6.50. The van der Waals surface area contributed by atoms with Crippen molar-refractivity contribution in [3.05, 3.63) is 70.3 Å². The number of aromatic nitrogens is 2. The number of para-hydroxylation sites is 1. The van der Waals surface area contributed by atoms with Crippen LogP contribution in [-0.2, 0) is 4.74 Å². The van der Waals surface area contributed by atoms with Crippen LogP contribution < -0.4 is 10.9 Å². The molecule has 136 valence electrons. The van der Waals surface area contributed by atoms with Crippen LogP contribution in [0.25, 0.3) is 16.6 Å². The van der Waals surface area contributed by atoms with Crippen LogP contribution >= 0.6 is 0 Å². The fourth-order valence-electron chi connectivity index (χ4n) is 3.26. The van der Waals surface area contributed by atoms with Crippen LogP contribution in [0.15, 0.2) is 53.3 Å². The van der Waals surface area contributed by atoms with Crippen LogP contribution in [0.1, 0.15) is 30.8 Å². The predicted octanol–water partition coefficient (Wildman–Crippen LogP) is 2.36. The van der Waals surface area contributed by atoms with E-state index in [2.05, 4.69) is 12.2 Å². The molecule has 0 aliphatic carbocycles. The summed E-state index contributed by atoms with van der Waals surface area (Å²) in [5.74, 6) is 0.790. The molecule has 26 heavy (non-hydrogen) atoms. The van der Waals surface area contributed by atoms with E-state index < -0.39 is 0 Å². The van der Waals surface area contributed by atoms with E-state index in [0.717, 1.165) is 35.6 Å². The number of methoxy groups -OCH3 is 1. The molecule has 0 aliphatic rings. The predicted molar refractivity (Wildman–Crippen MR) is 104 cm³/mol. The molecule has 1 heterocycles. The van der Waals surface area contributed by atoms with E-state index >= 15 is 0 Å². The number of ether oxygens (including phenoxy) is 1. The van der Waals surface area contributed by atoms with E-state index in [9.17, 15) is 4.79 Å². The molecule has 0 unspecified atom stereocenters. The molecule has 1 aromatic heterocycles. The number of fused-ring (bicyclic) bond motifs is 1. The zero-order valence-electron chi connectivity index (χ0n) is 15.6. The van der Waals surface area contributed by atoms with Gasteiger partial charge in [-0.05, 0) is 36.8 Å². The average Bonchev–Trinajstić information content (AvgIpc) is 2.65. The number of aryl methyl sites for hydroxylation is 1. The van der Waals surface area contributed by atoms with Gasteiger partial charge in [0.05, 0.1) is 29.7 Å². The maximum absolute atomic E-state index is 13.3. The molecule has 0 amide bonds. The second-order valence-corrected chi connectivity index (χ2v) is 6.50. The zero-order chi connectivity index (χ0) is 18.5. The van der Waals surface area contributed by atoms with Crippen LogP contribution in [0, 0.1) is 6.92 Å². The molecule has 0 radical (unpaired) electrons. The molecule has 0 fully saturated rings. The maximum atomic E-state index is 13.3.